The minimum Gasteiger partial charge on any atom is -0.492 e. The van der Waals surface area contributed by atoms with Crippen LogP contribution in [0, 0.1) is 13.8 Å². The summed E-state index contributed by atoms with van der Waals surface area (Å²) in [5, 5.41) is 0. The van der Waals surface area contributed by atoms with E-state index >= 15 is 0 Å². The molecule has 5 nitrogen and oxygen atoms in total. The molecule has 0 unspecified atom stereocenters. The Bertz CT molecular complexity index is 1170. The number of carbonyl (C=O) groups is 1. The molecule has 3 aromatic carbocycles. The molecule has 0 bridgehead atoms. The van der Waals surface area contributed by atoms with E-state index in [4.69, 9.17) is 9.47 Å². The average Bonchev–Trinajstić information content (AvgIpc) is 2.82. The van der Waals surface area contributed by atoms with Crippen molar-refractivity contribution in [1.82, 2.24) is 9.80 Å². The quantitative estimate of drug-likeness (QED) is 0.210. The second kappa shape index (κ2) is 14.6. The topological polar surface area (TPSA) is 42.0 Å². The van der Waals surface area contributed by atoms with Crippen LogP contribution >= 0.6 is 12.4 Å². The van der Waals surface area contributed by atoms with Crippen molar-refractivity contribution in [3.8, 4) is 22.6 Å². The number of benzene rings is 3. The fourth-order valence-corrected chi connectivity index (χ4v) is 3.79. The molecule has 0 fully saturated rings. The Morgan fingerprint density at radius 3 is 1.95 bits per heavy atom. The number of aryl methyl sites for hydroxylation is 2. The summed E-state index contributed by atoms with van der Waals surface area (Å²) in [7, 11) is 8.05. The lowest BCUT2D eigenvalue weighted by Gasteiger charge is -2.14. The van der Waals surface area contributed by atoms with Crippen LogP contribution < -0.4 is 9.47 Å². The van der Waals surface area contributed by atoms with Crippen molar-refractivity contribution in [2.45, 2.75) is 13.8 Å². The molecule has 0 saturated carbocycles. The number of ether oxygens (including phenoxy) is 2. The number of hydrogen-bond acceptors (Lipinski definition) is 5. The van der Waals surface area contributed by atoms with Crippen LogP contribution in [0.15, 0.2) is 66.7 Å². The summed E-state index contributed by atoms with van der Waals surface area (Å²) >= 11 is 0. The molecule has 0 aliphatic carbocycles. The van der Waals surface area contributed by atoms with Crippen molar-refractivity contribution in [2.75, 3.05) is 54.5 Å². The standard InChI is InChI=1S/C31H38N2O3.ClH/c1-23-19-24(2)21-28(20-23)26-10-14-31(36-18-16-33(5)6)27(22-26)9-13-30(34)25-7-11-29(12-8-25)35-17-15-32(3)4;/h7-14,19-22H,15-18H2,1-6H3;1H/b13-9+;. The van der Waals surface area contributed by atoms with Crippen LogP contribution in [0.1, 0.15) is 27.0 Å². The highest BCUT2D eigenvalue weighted by molar-refractivity contribution is 6.07. The van der Waals surface area contributed by atoms with Crippen LogP contribution in [0.5, 0.6) is 11.5 Å². The Labute approximate surface area is 228 Å². The molecule has 198 valence electrons. The van der Waals surface area contributed by atoms with Crippen molar-refractivity contribution in [3.63, 3.8) is 0 Å². The maximum absolute atomic E-state index is 12.9. The zero-order valence-corrected chi connectivity index (χ0v) is 23.6. The molecule has 6 heteroatoms. The summed E-state index contributed by atoms with van der Waals surface area (Å²) in [4.78, 5) is 17.1. The molecule has 0 N–H and O–H groups in total. The van der Waals surface area contributed by atoms with Gasteiger partial charge in [-0.05, 0) is 102 Å². The normalized spacial score (nSPS) is 11.1. The lowest BCUT2D eigenvalue weighted by molar-refractivity contribution is 0.104. The predicted octanol–water partition coefficient (Wildman–Crippen LogP) is 6.17. The van der Waals surface area contributed by atoms with E-state index in [-0.39, 0.29) is 18.2 Å². The van der Waals surface area contributed by atoms with E-state index in [1.807, 2.05) is 52.5 Å². The van der Waals surface area contributed by atoms with Crippen molar-refractivity contribution in [1.29, 1.82) is 0 Å². The van der Waals surface area contributed by atoms with E-state index in [0.717, 1.165) is 41.3 Å². The van der Waals surface area contributed by atoms with Gasteiger partial charge in [0.2, 0.25) is 0 Å². The predicted molar refractivity (Wildman–Crippen MR) is 157 cm³/mol. The number of allylic oxidation sites excluding steroid dienone is 1. The lowest BCUT2D eigenvalue weighted by Crippen LogP contribution is -2.19. The molecule has 0 spiro atoms. The summed E-state index contributed by atoms with van der Waals surface area (Å²) in [6.45, 7) is 7.03. The molecule has 37 heavy (non-hydrogen) atoms. The lowest BCUT2D eigenvalue weighted by atomic mass is 9.98. The molecule has 0 saturated heterocycles. The molecule has 3 aromatic rings. The third-order valence-electron chi connectivity index (χ3n) is 5.72. The van der Waals surface area contributed by atoms with Crippen molar-refractivity contribution in [3.05, 3.63) is 89.0 Å². The number of likely N-dealkylation sites (N-methyl/N-ethyl adjacent to an activating group) is 2. The van der Waals surface area contributed by atoms with Gasteiger partial charge in [-0.3, -0.25) is 4.79 Å². The van der Waals surface area contributed by atoms with Crippen LogP contribution in [0.2, 0.25) is 0 Å². The Balaban J connectivity index is 0.00000481. The van der Waals surface area contributed by atoms with Gasteiger partial charge in [0.1, 0.15) is 24.7 Å². The molecule has 0 aliphatic rings. The number of nitrogens with zero attached hydrogens (tertiary/aromatic N) is 2. The van der Waals surface area contributed by atoms with Gasteiger partial charge in [-0.2, -0.15) is 0 Å². The van der Waals surface area contributed by atoms with Gasteiger partial charge in [0, 0.05) is 24.2 Å². The van der Waals surface area contributed by atoms with Gasteiger partial charge < -0.3 is 19.3 Å². The van der Waals surface area contributed by atoms with Crippen LogP contribution in [-0.2, 0) is 0 Å². The summed E-state index contributed by atoms with van der Waals surface area (Å²) in [6.07, 6.45) is 3.46. The Hall–Kier alpha value is -3.12. The minimum atomic E-state index is -0.0640. The fraction of sp³-hybridized carbons (Fsp3) is 0.323. The summed E-state index contributed by atoms with van der Waals surface area (Å²) in [5.74, 6) is 1.46. The molecule has 0 radical (unpaired) electrons. The third-order valence-corrected chi connectivity index (χ3v) is 5.72. The highest BCUT2D eigenvalue weighted by atomic mass is 35.5. The molecule has 0 atom stereocenters. The second-order valence-corrected chi connectivity index (χ2v) is 9.65. The van der Waals surface area contributed by atoms with Gasteiger partial charge in [0.25, 0.3) is 0 Å². The van der Waals surface area contributed by atoms with Gasteiger partial charge in [0.15, 0.2) is 5.78 Å². The molecular weight excluding hydrogens is 484 g/mol. The van der Waals surface area contributed by atoms with E-state index < -0.39 is 0 Å². The zero-order chi connectivity index (χ0) is 26.1. The molecular formula is C31H39ClN2O3. The van der Waals surface area contributed by atoms with E-state index in [1.54, 1.807) is 18.2 Å². The molecule has 3 rings (SSSR count). The van der Waals surface area contributed by atoms with Crippen molar-refractivity contribution < 1.29 is 14.3 Å². The second-order valence-electron chi connectivity index (χ2n) is 9.65. The number of rotatable bonds is 12. The van der Waals surface area contributed by atoms with Gasteiger partial charge in [-0.25, -0.2) is 0 Å². The Kier molecular flexibility index (Phi) is 11.9. The number of hydrogen-bond donors (Lipinski definition) is 0. The van der Waals surface area contributed by atoms with E-state index in [9.17, 15) is 4.79 Å². The first-order valence-corrected chi connectivity index (χ1v) is 12.3. The smallest absolute Gasteiger partial charge is 0.185 e. The van der Waals surface area contributed by atoms with Gasteiger partial charge in [-0.1, -0.05) is 35.4 Å². The number of ketones is 1. The first kappa shape index (κ1) is 30.1. The van der Waals surface area contributed by atoms with E-state index in [0.29, 0.717) is 18.8 Å². The average molecular weight is 523 g/mol. The van der Waals surface area contributed by atoms with Crippen LogP contribution in [0.25, 0.3) is 17.2 Å². The van der Waals surface area contributed by atoms with Gasteiger partial charge in [0.05, 0.1) is 0 Å². The third kappa shape index (κ3) is 9.69. The monoisotopic (exact) mass is 522 g/mol. The van der Waals surface area contributed by atoms with Crippen LogP contribution in [-0.4, -0.2) is 70.1 Å². The van der Waals surface area contributed by atoms with Crippen LogP contribution in [0.3, 0.4) is 0 Å². The van der Waals surface area contributed by atoms with Crippen LogP contribution in [0.4, 0.5) is 0 Å². The van der Waals surface area contributed by atoms with E-state index in [2.05, 4.69) is 54.0 Å². The highest BCUT2D eigenvalue weighted by Crippen LogP contribution is 2.29. The fourth-order valence-electron chi connectivity index (χ4n) is 3.79. The number of halogens is 1. The Morgan fingerprint density at radius 1 is 0.757 bits per heavy atom. The minimum absolute atomic E-state index is 0. The van der Waals surface area contributed by atoms with Gasteiger partial charge in [-0.15, -0.1) is 12.4 Å². The van der Waals surface area contributed by atoms with Crippen molar-refractivity contribution >= 4 is 24.3 Å². The van der Waals surface area contributed by atoms with E-state index in [1.165, 1.54) is 11.1 Å². The largest absolute Gasteiger partial charge is 0.492 e. The molecule has 0 amide bonds. The molecule has 0 aromatic heterocycles. The van der Waals surface area contributed by atoms with Crippen molar-refractivity contribution in [2.24, 2.45) is 0 Å². The first-order valence-electron chi connectivity index (χ1n) is 12.3. The summed E-state index contributed by atoms with van der Waals surface area (Å²) in [6, 6.07) is 20.0. The first-order chi connectivity index (χ1) is 17.2. The maximum atomic E-state index is 12.9. The maximum Gasteiger partial charge on any atom is 0.185 e. The summed E-state index contributed by atoms with van der Waals surface area (Å²) < 4.78 is 11.8. The Morgan fingerprint density at radius 2 is 1.35 bits per heavy atom. The zero-order valence-electron chi connectivity index (χ0n) is 22.8. The molecule has 0 aliphatic heterocycles. The van der Waals surface area contributed by atoms with Gasteiger partial charge >= 0.3 is 0 Å². The highest BCUT2D eigenvalue weighted by Gasteiger charge is 2.08. The summed E-state index contributed by atoms with van der Waals surface area (Å²) in [5.41, 5.74) is 6.18. The molecule has 0 heterocycles. The number of carbonyl (C=O) groups excluding carboxylic acids is 1. The SMILES string of the molecule is Cc1cc(C)cc(-c2ccc(OCCN(C)C)c(/C=C/C(=O)c3ccc(OCCN(C)C)cc3)c2)c1.Cl.